The van der Waals surface area contributed by atoms with Crippen molar-refractivity contribution in [1.82, 2.24) is 9.55 Å². The lowest BCUT2D eigenvalue weighted by Crippen LogP contribution is -2.16. The van der Waals surface area contributed by atoms with E-state index in [0.717, 1.165) is 6.08 Å². The van der Waals surface area contributed by atoms with Crippen LogP contribution in [0.5, 0.6) is 0 Å². The molecule has 7 heteroatoms. The van der Waals surface area contributed by atoms with Crippen molar-refractivity contribution in [3.05, 3.63) is 41.2 Å². The Morgan fingerprint density at radius 1 is 1.55 bits per heavy atom. The average molecular weight is 291 g/mol. The van der Waals surface area contributed by atoms with Crippen molar-refractivity contribution >= 4 is 34.4 Å². The summed E-state index contributed by atoms with van der Waals surface area (Å²) in [6, 6.07) is 3.54. The van der Waals surface area contributed by atoms with Crippen LogP contribution in [0.4, 0.5) is 5.13 Å². The number of carbonyl (C=O) groups excluding carboxylic acids is 1. The van der Waals surface area contributed by atoms with Gasteiger partial charge in [0.15, 0.2) is 5.13 Å². The third kappa shape index (κ3) is 3.33. The van der Waals surface area contributed by atoms with Crippen LogP contribution >= 0.6 is 11.3 Å². The fourth-order valence-electron chi connectivity index (χ4n) is 1.63. The van der Waals surface area contributed by atoms with Crippen molar-refractivity contribution in [3.8, 4) is 0 Å². The maximum Gasteiger partial charge on any atom is 0.328 e. The number of anilines is 1. The monoisotopic (exact) mass is 291 g/mol. The second-order valence-electron chi connectivity index (χ2n) is 3.87. The maximum atomic E-state index is 12.1. The van der Waals surface area contributed by atoms with Gasteiger partial charge in [-0.3, -0.25) is 10.1 Å². The van der Waals surface area contributed by atoms with Gasteiger partial charge in [0.1, 0.15) is 5.69 Å². The van der Waals surface area contributed by atoms with Crippen LogP contribution in [0.3, 0.4) is 0 Å². The summed E-state index contributed by atoms with van der Waals surface area (Å²) in [5.41, 5.74) is 0.560. The van der Waals surface area contributed by atoms with E-state index in [-0.39, 0.29) is 5.91 Å². The van der Waals surface area contributed by atoms with E-state index in [4.69, 9.17) is 5.11 Å². The van der Waals surface area contributed by atoms with Crippen LogP contribution < -0.4 is 5.32 Å². The molecule has 0 atom stereocenters. The molecule has 2 aromatic rings. The number of aromatic nitrogens is 2. The lowest BCUT2D eigenvalue weighted by Gasteiger charge is -2.05. The predicted octanol–water partition coefficient (Wildman–Crippen LogP) is 2.31. The van der Waals surface area contributed by atoms with Gasteiger partial charge in [0.25, 0.3) is 5.91 Å². The Labute approximate surface area is 119 Å². The zero-order valence-electron chi connectivity index (χ0n) is 10.7. The second-order valence-corrected chi connectivity index (χ2v) is 4.94. The van der Waals surface area contributed by atoms with Crippen molar-refractivity contribution in [1.29, 1.82) is 0 Å². The number of aryl methyl sites for hydroxylation is 1. The molecule has 2 aromatic heterocycles. The van der Waals surface area contributed by atoms with Crippen LogP contribution in [0.2, 0.25) is 0 Å². The minimum absolute atomic E-state index is 0.236. The molecule has 0 aromatic carbocycles. The molecule has 6 nitrogen and oxygen atoms in total. The van der Waals surface area contributed by atoms with Gasteiger partial charge in [-0.2, -0.15) is 0 Å². The quantitative estimate of drug-likeness (QED) is 0.828. The number of carboxylic acids is 1. The summed E-state index contributed by atoms with van der Waals surface area (Å²) in [6.07, 6.45) is 5.81. The molecule has 1 amide bonds. The first-order valence-electron chi connectivity index (χ1n) is 5.93. The summed E-state index contributed by atoms with van der Waals surface area (Å²) in [5, 5.41) is 11.7. The molecular weight excluding hydrogens is 278 g/mol. The van der Waals surface area contributed by atoms with Gasteiger partial charge in [0.05, 0.1) is 0 Å². The molecule has 0 spiro atoms. The first-order valence-corrected chi connectivity index (χ1v) is 6.75. The number of amides is 1. The van der Waals surface area contributed by atoms with Crippen LogP contribution in [0, 0.1) is 0 Å². The van der Waals surface area contributed by atoms with Gasteiger partial charge in [-0.1, -0.05) is 11.3 Å². The van der Waals surface area contributed by atoms with Crippen molar-refractivity contribution in [2.45, 2.75) is 13.5 Å². The Bertz CT molecular complexity index is 657. The number of carbonyl (C=O) groups is 2. The number of nitrogens with zero attached hydrogens (tertiary/aromatic N) is 2. The van der Waals surface area contributed by atoms with Crippen LogP contribution in [-0.4, -0.2) is 26.5 Å². The topological polar surface area (TPSA) is 84.2 Å². The molecule has 0 fully saturated rings. The molecule has 0 aliphatic heterocycles. The predicted molar refractivity (Wildman–Crippen MR) is 76.8 cm³/mol. The molecule has 0 aliphatic carbocycles. The fraction of sp³-hybridized carbons (Fsp3) is 0.154. The summed E-state index contributed by atoms with van der Waals surface area (Å²) in [5.74, 6) is -1.26. The van der Waals surface area contributed by atoms with Gasteiger partial charge in [0, 0.05) is 29.9 Å². The number of carboxylic acid groups (broad SMARTS) is 1. The van der Waals surface area contributed by atoms with E-state index in [2.05, 4.69) is 10.3 Å². The van der Waals surface area contributed by atoms with E-state index in [1.807, 2.05) is 17.7 Å². The zero-order chi connectivity index (χ0) is 14.5. The molecule has 0 saturated carbocycles. The third-order valence-corrected chi connectivity index (χ3v) is 3.42. The largest absolute Gasteiger partial charge is 0.478 e. The van der Waals surface area contributed by atoms with Crippen LogP contribution in [0.25, 0.3) is 6.08 Å². The minimum Gasteiger partial charge on any atom is -0.478 e. The van der Waals surface area contributed by atoms with Crippen LogP contribution in [0.1, 0.15) is 22.3 Å². The lowest BCUT2D eigenvalue weighted by atomic mass is 10.4. The lowest BCUT2D eigenvalue weighted by molar-refractivity contribution is -0.131. The SMILES string of the molecule is CCn1cccc1C(=O)Nc1ncc(C=CC(=O)O)s1. The van der Waals surface area contributed by atoms with Gasteiger partial charge in [-0.25, -0.2) is 9.78 Å². The molecule has 0 bridgehead atoms. The van der Waals surface area contributed by atoms with Crippen molar-refractivity contribution in [2.75, 3.05) is 5.32 Å². The van der Waals surface area contributed by atoms with E-state index in [1.165, 1.54) is 23.6 Å². The van der Waals surface area contributed by atoms with Crippen molar-refractivity contribution in [2.24, 2.45) is 0 Å². The van der Waals surface area contributed by atoms with E-state index in [1.54, 1.807) is 12.1 Å². The smallest absolute Gasteiger partial charge is 0.328 e. The average Bonchev–Trinajstić information content (AvgIpc) is 3.04. The molecule has 2 rings (SSSR count). The molecule has 0 saturated heterocycles. The molecule has 0 aliphatic rings. The molecule has 20 heavy (non-hydrogen) atoms. The highest BCUT2D eigenvalue weighted by molar-refractivity contribution is 7.16. The number of hydrogen-bond acceptors (Lipinski definition) is 4. The van der Waals surface area contributed by atoms with Gasteiger partial charge < -0.3 is 9.67 Å². The van der Waals surface area contributed by atoms with Crippen LogP contribution in [0.15, 0.2) is 30.6 Å². The fourth-order valence-corrected chi connectivity index (χ4v) is 2.35. The molecule has 0 radical (unpaired) electrons. The summed E-state index contributed by atoms with van der Waals surface area (Å²) in [7, 11) is 0. The van der Waals surface area contributed by atoms with Crippen molar-refractivity contribution < 1.29 is 14.7 Å². The Kier molecular flexibility index (Phi) is 4.31. The van der Waals surface area contributed by atoms with Gasteiger partial charge in [-0.05, 0) is 25.1 Å². The van der Waals surface area contributed by atoms with E-state index in [9.17, 15) is 9.59 Å². The zero-order valence-corrected chi connectivity index (χ0v) is 11.6. The number of thiazole rings is 1. The van der Waals surface area contributed by atoms with Gasteiger partial charge in [-0.15, -0.1) is 0 Å². The third-order valence-electron chi connectivity index (χ3n) is 2.54. The highest BCUT2D eigenvalue weighted by Crippen LogP contribution is 2.20. The summed E-state index contributed by atoms with van der Waals surface area (Å²) < 4.78 is 1.83. The highest BCUT2D eigenvalue weighted by atomic mass is 32.1. The number of aliphatic carboxylic acids is 1. The van der Waals surface area contributed by atoms with E-state index < -0.39 is 5.97 Å². The first-order chi connectivity index (χ1) is 9.60. The number of rotatable bonds is 5. The van der Waals surface area contributed by atoms with E-state index in [0.29, 0.717) is 22.2 Å². The van der Waals surface area contributed by atoms with Crippen LogP contribution in [-0.2, 0) is 11.3 Å². The highest BCUT2D eigenvalue weighted by Gasteiger charge is 2.11. The van der Waals surface area contributed by atoms with Crippen molar-refractivity contribution in [3.63, 3.8) is 0 Å². The second kappa shape index (κ2) is 6.16. The standard InChI is InChI=1S/C13H13N3O3S/c1-2-16-7-3-4-10(16)12(19)15-13-14-8-9(20-13)5-6-11(17)18/h3-8H,2H2,1H3,(H,17,18)(H,14,15,19). The molecule has 0 unspecified atom stereocenters. The molecule has 2 heterocycles. The normalized spacial score (nSPS) is 10.8. The van der Waals surface area contributed by atoms with Gasteiger partial charge >= 0.3 is 5.97 Å². The Morgan fingerprint density at radius 3 is 3.05 bits per heavy atom. The molecule has 104 valence electrons. The van der Waals surface area contributed by atoms with Gasteiger partial charge in [0.2, 0.25) is 0 Å². The maximum absolute atomic E-state index is 12.1. The molecular formula is C13H13N3O3S. The number of hydrogen-bond donors (Lipinski definition) is 2. The first kappa shape index (κ1) is 14.0. The summed E-state index contributed by atoms with van der Waals surface area (Å²) in [6.45, 7) is 2.66. The van der Waals surface area contributed by atoms with E-state index >= 15 is 0 Å². The number of nitrogens with one attached hydrogen (secondary N) is 1. The Morgan fingerprint density at radius 2 is 2.35 bits per heavy atom. The molecule has 2 N–H and O–H groups in total. The minimum atomic E-state index is -1.02. The Hall–Kier alpha value is -2.41. The summed E-state index contributed by atoms with van der Waals surface area (Å²) in [4.78, 5) is 27.2. The Balaban J connectivity index is 2.07. The summed E-state index contributed by atoms with van der Waals surface area (Å²) >= 11 is 1.21.